The Balaban J connectivity index is 0.00000312. The molecule has 0 aliphatic carbocycles. The summed E-state index contributed by atoms with van der Waals surface area (Å²) in [5.74, 6) is 0. The zero-order chi connectivity index (χ0) is 16.9. The molecule has 0 aromatic heterocycles. The number of amides is 1. The third-order valence-corrected chi connectivity index (χ3v) is 3.70. The second-order valence-electron chi connectivity index (χ2n) is 5.68. The molecule has 2 aromatic rings. The molecule has 25 heavy (non-hydrogen) atoms. The number of benzene rings is 2. The van der Waals surface area contributed by atoms with Gasteiger partial charge in [0, 0.05) is 6.54 Å². The van der Waals surface area contributed by atoms with E-state index >= 15 is 0 Å². The number of carbonyl (C=O) groups is 1. The molecule has 2 rings (SSSR count). The van der Waals surface area contributed by atoms with E-state index in [1.54, 1.807) is 0 Å². The van der Waals surface area contributed by atoms with Crippen LogP contribution in [-0.2, 0) is 17.8 Å². The Labute approximate surface area is 156 Å². The predicted molar refractivity (Wildman–Crippen MR) is 104 cm³/mol. The standard InChI is InChI=1S/C20H26N2O2.ClH/c23-20(24-17-19-11-5-2-6-12-19)22-15-8-7-14-21-16-13-18-9-3-1-4-10-18;/h1-6,9-12,21H,7-8,13-17H2,(H,22,23);1H. The summed E-state index contributed by atoms with van der Waals surface area (Å²) in [7, 11) is 0. The highest BCUT2D eigenvalue weighted by Gasteiger charge is 2.01. The lowest BCUT2D eigenvalue weighted by Crippen LogP contribution is -2.26. The number of halogens is 1. The monoisotopic (exact) mass is 362 g/mol. The average molecular weight is 363 g/mol. The molecule has 0 spiro atoms. The first-order valence-corrected chi connectivity index (χ1v) is 8.54. The Bertz CT molecular complexity index is 579. The van der Waals surface area contributed by atoms with Gasteiger partial charge in [-0.3, -0.25) is 0 Å². The summed E-state index contributed by atoms with van der Waals surface area (Å²) < 4.78 is 5.16. The number of hydrogen-bond acceptors (Lipinski definition) is 3. The minimum absolute atomic E-state index is 0. The molecule has 5 heteroatoms. The van der Waals surface area contributed by atoms with Crippen molar-refractivity contribution in [3.63, 3.8) is 0 Å². The minimum Gasteiger partial charge on any atom is -0.445 e. The molecule has 0 heterocycles. The summed E-state index contributed by atoms with van der Waals surface area (Å²) in [6.07, 6.45) is 2.67. The van der Waals surface area contributed by atoms with Crippen LogP contribution < -0.4 is 10.6 Å². The zero-order valence-corrected chi connectivity index (χ0v) is 15.3. The van der Waals surface area contributed by atoms with E-state index < -0.39 is 0 Å². The molecule has 0 aliphatic rings. The van der Waals surface area contributed by atoms with Crippen LogP contribution in [0.4, 0.5) is 4.79 Å². The van der Waals surface area contributed by atoms with Gasteiger partial charge in [-0.2, -0.15) is 0 Å². The summed E-state index contributed by atoms with van der Waals surface area (Å²) in [4.78, 5) is 11.6. The fourth-order valence-electron chi connectivity index (χ4n) is 2.34. The normalized spacial score (nSPS) is 9.92. The molecule has 0 bridgehead atoms. The second kappa shape index (κ2) is 13.3. The van der Waals surface area contributed by atoms with Crippen LogP contribution in [0.1, 0.15) is 24.0 Å². The Kier molecular flexibility index (Phi) is 11.2. The van der Waals surface area contributed by atoms with Gasteiger partial charge in [0.25, 0.3) is 0 Å². The van der Waals surface area contributed by atoms with Gasteiger partial charge < -0.3 is 15.4 Å². The first kappa shape index (κ1) is 21.0. The molecule has 0 radical (unpaired) electrons. The van der Waals surface area contributed by atoms with Crippen molar-refractivity contribution in [2.24, 2.45) is 0 Å². The van der Waals surface area contributed by atoms with E-state index in [0.29, 0.717) is 13.2 Å². The largest absolute Gasteiger partial charge is 0.445 e. The maximum absolute atomic E-state index is 11.6. The number of carbonyl (C=O) groups excluding carboxylic acids is 1. The van der Waals surface area contributed by atoms with E-state index in [1.165, 1.54) is 5.56 Å². The Morgan fingerprint density at radius 2 is 1.40 bits per heavy atom. The average Bonchev–Trinajstić information content (AvgIpc) is 2.64. The van der Waals surface area contributed by atoms with Crippen LogP contribution in [-0.4, -0.2) is 25.7 Å². The number of hydrogen-bond donors (Lipinski definition) is 2. The molecular formula is C20H27ClN2O2. The van der Waals surface area contributed by atoms with Gasteiger partial charge in [-0.25, -0.2) is 4.79 Å². The molecular weight excluding hydrogens is 336 g/mol. The van der Waals surface area contributed by atoms with Gasteiger partial charge in [-0.1, -0.05) is 60.7 Å². The van der Waals surface area contributed by atoms with E-state index in [4.69, 9.17) is 4.74 Å². The number of rotatable bonds is 10. The lowest BCUT2D eigenvalue weighted by molar-refractivity contribution is 0.139. The van der Waals surface area contributed by atoms with E-state index in [0.717, 1.165) is 37.9 Å². The van der Waals surface area contributed by atoms with Crippen LogP contribution in [0.3, 0.4) is 0 Å². The molecule has 0 unspecified atom stereocenters. The van der Waals surface area contributed by atoms with Crippen molar-refractivity contribution in [3.8, 4) is 0 Å². The number of nitrogens with one attached hydrogen (secondary N) is 2. The van der Waals surface area contributed by atoms with Crippen molar-refractivity contribution in [2.75, 3.05) is 19.6 Å². The third-order valence-electron chi connectivity index (χ3n) is 3.70. The first-order chi connectivity index (χ1) is 11.8. The predicted octanol–water partition coefficient (Wildman–Crippen LogP) is 3.95. The highest BCUT2D eigenvalue weighted by atomic mass is 35.5. The Morgan fingerprint density at radius 3 is 2.08 bits per heavy atom. The van der Waals surface area contributed by atoms with Crippen molar-refractivity contribution in [3.05, 3.63) is 71.8 Å². The van der Waals surface area contributed by atoms with Crippen LogP contribution in [0.15, 0.2) is 60.7 Å². The molecule has 2 N–H and O–H groups in total. The molecule has 4 nitrogen and oxygen atoms in total. The third kappa shape index (κ3) is 9.75. The van der Waals surface area contributed by atoms with Gasteiger partial charge in [0.1, 0.15) is 6.61 Å². The van der Waals surface area contributed by atoms with Crippen LogP contribution in [0, 0.1) is 0 Å². The van der Waals surface area contributed by atoms with Gasteiger partial charge >= 0.3 is 6.09 Å². The lowest BCUT2D eigenvalue weighted by Gasteiger charge is -2.08. The quantitative estimate of drug-likeness (QED) is 0.629. The molecule has 0 saturated heterocycles. The van der Waals surface area contributed by atoms with Crippen molar-refractivity contribution < 1.29 is 9.53 Å². The van der Waals surface area contributed by atoms with Crippen LogP contribution in [0.25, 0.3) is 0 Å². The summed E-state index contributed by atoms with van der Waals surface area (Å²) in [5, 5.41) is 6.21. The fraction of sp³-hybridized carbons (Fsp3) is 0.350. The Morgan fingerprint density at radius 1 is 0.800 bits per heavy atom. The molecule has 0 fully saturated rings. The summed E-state index contributed by atoms with van der Waals surface area (Å²) in [6.45, 7) is 2.91. The van der Waals surface area contributed by atoms with Gasteiger partial charge in [-0.15, -0.1) is 12.4 Å². The molecule has 0 atom stereocenters. The molecule has 1 amide bonds. The molecule has 136 valence electrons. The first-order valence-electron chi connectivity index (χ1n) is 8.54. The zero-order valence-electron chi connectivity index (χ0n) is 14.4. The van der Waals surface area contributed by atoms with Crippen molar-refractivity contribution in [1.29, 1.82) is 0 Å². The van der Waals surface area contributed by atoms with Crippen molar-refractivity contribution in [1.82, 2.24) is 10.6 Å². The molecule has 0 saturated carbocycles. The maximum Gasteiger partial charge on any atom is 0.407 e. The number of unbranched alkanes of at least 4 members (excludes halogenated alkanes) is 1. The highest BCUT2D eigenvalue weighted by Crippen LogP contribution is 2.00. The highest BCUT2D eigenvalue weighted by molar-refractivity contribution is 5.85. The van der Waals surface area contributed by atoms with Crippen molar-refractivity contribution >= 4 is 18.5 Å². The van der Waals surface area contributed by atoms with E-state index in [9.17, 15) is 4.79 Å². The van der Waals surface area contributed by atoms with Gasteiger partial charge in [0.15, 0.2) is 0 Å². The smallest absolute Gasteiger partial charge is 0.407 e. The Hall–Kier alpha value is -2.04. The minimum atomic E-state index is -0.351. The topological polar surface area (TPSA) is 50.4 Å². The summed E-state index contributed by atoms with van der Waals surface area (Å²) in [5.41, 5.74) is 2.35. The molecule has 2 aromatic carbocycles. The van der Waals surface area contributed by atoms with E-state index in [-0.39, 0.29) is 18.5 Å². The maximum atomic E-state index is 11.6. The number of alkyl carbamates (subject to hydrolysis) is 1. The van der Waals surface area contributed by atoms with Crippen LogP contribution >= 0.6 is 12.4 Å². The number of ether oxygens (including phenoxy) is 1. The van der Waals surface area contributed by atoms with Crippen molar-refractivity contribution in [2.45, 2.75) is 25.9 Å². The van der Waals surface area contributed by atoms with E-state index in [2.05, 4.69) is 34.9 Å². The summed E-state index contributed by atoms with van der Waals surface area (Å²) >= 11 is 0. The molecule has 0 aliphatic heterocycles. The second-order valence-corrected chi connectivity index (χ2v) is 5.68. The van der Waals surface area contributed by atoms with Crippen LogP contribution in [0.5, 0.6) is 0 Å². The SMILES string of the molecule is Cl.O=C(NCCCCNCCc1ccccc1)OCc1ccccc1. The van der Waals surface area contributed by atoms with E-state index in [1.807, 2.05) is 36.4 Å². The summed E-state index contributed by atoms with van der Waals surface area (Å²) in [6, 6.07) is 20.1. The van der Waals surface area contributed by atoms with Gasteiger partial charge in [0.05, 0.1) is 0 Å². The van der Waals surface area contributed by atoms with Crippen LogP contribution in [0.2, 0.25) is 0 Å². The van der Waals surface area contributed by atoms with Gasteiger partial charge in [-0.05, 0) is 43.5 Å². The fourth-order valence-corrected chi connectivity index (χ4v) is 2.34. The lowest BCUT2D eigenvalue weighted by atomic mass is 10.1. The van der Waals surface area contributed by atoms with Gasteiger partial charge in [0.2, 0.25) is 0 Å².